The van der Waals surface area contributed by atoms with Crippen LogP contribution in [0, 0.1) is 0 Å². The molecule has 7 heteroatoms. The van der Waals surface area contributed by atoms with Crippen molar-refractivity contribution in [2.24, 2.45) is 0 Å². The van der Waals surface area contributed by atoms with Crippen LogP contribution in [0.4, 0.5) is 0 Å². The molecule has 0 fully saturated rings. The van der Waals surface area contributed by atoms with Crippen LogP contribution in [0.15, 0.2) is 93.1 Å². The minimum atomic E-state index is -0.633. The molecular weight excluding hydrogens is 510 g/mol. The summed E-state index contributed by atoms with van der Waals surface area (Å²) in [6, 6.07) is 19.5. The molecule has 0 aliphatic carbocycles. The van der Waals surface area contributed by atoms with Crippen molar-refractivity contribution in [3.63, 3.8) is 0 Å². The van der Waals surface area contributed by atoms with E-state index in [2.05, 4.69) is 22.5 Å². The average molecular weight is 532 g/mol. The molecule has 176 valence electrons. The van der Waals surface area contributed by atoms with Crippen LogP contribution < -0.4 is 14.9 Å². The van der Waals surface area contributed by atoms with Crippen LogP contribution in [0.2, 0.25) is 0 Å². The highest BCUT2D eigenvalue weighted by molar-refractivity contribution is 9.10. The van der Waals surface area contributed by atoms with Gasteiger partial charge in [0.05, 0.1) is 24.1 Å². The second-order valence-corrected chi connectivity index (χ2v) is 9.09. The van der Waals surface area contributed by atoms with E-state index in [4.69, 9.17) is 13.9 Å². The summed E-state index contributed by atoms with van der Waals surface area (Å²) in [5.74, 6) is 1.09. The largest absolute Gasteiger partial charge is 0.497 e. The van der Waals surface area contributed by atoms with Crippen molar-refractivity contribution in [3.8, 4) is 11.5 Å². The monoisotopic (exact) mass is 531 g/mol. The number of carbonyl (C=O) groups is 1. The molecule has 0 bridgehead atoms. The fraction of sp³-hybridized carbons (Fsp3) is 0.143. The number of hydrogen-bond acceptors (Lipinski definition) is 5. The molecule has 35 heavy (non-hydrogen) atoms. The van der Waals surface area contributed by atoms with Gasteiger partial charge in [-0.15, -0.1) is 0 Å². The number of ether oxygens (including phenoxy) is 2. The van der Waals surface area contributed by atoms with Crippen molar-refractivity contribution in [1.82, 2.24) is 4.90 Å². The third-order valence-electron chi connectivity index (χ3n) is 5.98. The first-order valence-corrected chi connectivity index (χ1v) is 11.8. The smallest absolute Gasteiger partial charge is 0.291 e. The number of rotatable bonds is 7. The summed E-state index contributed by atoms with van der Waals surface area (Å²) in [5.41, 5.74) is 2.13. The molecule has 1 atom stereocenters. The molecule has 0 spiro atoms. The molecule has 0 saturated carbocycles. The van der Waals surface area contributed by atoms with E-state index in [1.165, 1.54) is 0 Å². The Morgan fingerprint density at radius 1 is 1.06 bits per heavy atom. The number of methoxy groups -OCH3 is 1. The van der Waals surface area contributed by atoms with Crippen molar-refractivity contribution in [2.45, 2.75) is 12.6 Å². The van der Waals surface area contributed by atoms with Crippen molar-refractivity contribution in [3.05, 3.63) is 117 Å². The highest BCUT2D eigenvalue weighted by atomic mass is 79.9. The fourth-order valence-electron chi connectivity index (χ4n) is 4.36. The molecule has 4 aromatic rings. The van der Waals surface area contributed by atoms with Gasteiger partial charge in [0.15, 0.2) is 5.43 Å². The van der Waals surface area contributed by atoms with Crippen LogP contribution in [0.25, 0.3) is 11.0 Å². The van der Waals surface area contributed by atoms with Gasteiger partial charge in [-0.3, -0.25) is 9.59 Å². The number of carbonyl (C=O) groups excluding carboxylic acids is 1. The predicted molar refractivity (Wildman–Crippen MR) is 137 cm³/mol. The summed E-state index contributed by atoms with van der Waals surface area (Å²) in [6.45, 7) is 4.32. The quantitative estimate of drug-likeness (QED) is 0.279. The van der Waals surface area contributed by atoms with Crippen molar-refractivity contribution >= 4 is 32.8 Å². The zero-order valence-corrected chi connectivity index (χ0v) is 20.6. The van der Waals surface area contributed by atoms with Crippen LogP contribution >= 0.6 is 15.9 Å². The standard InChI is InChI=1S/C28H22BrNO5/c1-3-13-34-21-6-4-5-18(14-21)25-24-26(31)22-15-19(29)9-12-23(22)35-27(24)28(32)30(25)16-17-7-10-20(33-2)11-8-17/h3-12,14-15,25H,1,13,16H2,2H3. The summed E-state index contributed by atoms with van der Waals surface area (Å²) in [4.78, 5) is 29.0. The molecule has 1 unspecified atom stereocenters. The zero-order valence-electron chi connectivity index (χ0n) is 19.0. The van der Waals surface area contributed by atoms with E-state index in [0.29, 0.717) is 28.9 Å². The average Bonchev–Trinajstić information content (AvgIpc) is 3.15. The Kier molecular flexibility index (Phi) is 6.17. The normalized spacial score (nSPS) is 14.7. The van der Waals surface area contributed by atoms with Crippen molar-refractivity contribution in [1.29, 1.82) is 0 Å². The first kappa shape index (κ1) is 22.9. The van der Waals surface area contributed by atoms with Gasteiger partial charge in [0, 0.05) is 11.0 Å². The number of hydrogen-bond donors (Lipinski definition) is 0. The second kappa shape index (κ2) is 9.43. The molecule has 6 nitrogen and oxygen atoms in total. The van der Waals surface area contributed by atoms with Gasteiger partial charge in [-0.1, -0.05) is 52.9 Å². The summed E-state index contributed by atoms with van der Waals surface area (Å²) in [7, 11) is 1.60. The summed E-state index contributed by atoms with van der Waals surface area (Å²) >= 11 is 3.43. The Bertz CT molecular complexity index is 1490. The number of benzene rings is 3. The van der Waals surface area contributed by atoms with Gasteiger partial charge in [0.1, 0.15) is 23.7 Å². The molecule has 0 radical (unpaired) electrons. The second-order valence-electron chi connectivity index (χ2n) is 8.17. The SMILES string of the molecule is C=CCOc1cccc(C2c3c(oc4ccc(Br)cc4c3=O)C(=O)N2Cc2ccc(OC)cc2)c1. The Hall–Kier alpha value is -3.84. The van der Waals surface area contributed by atoms with E-state index in [1.54, 1.807) is 36.3 Å². The van der Waals surface area contributed by atoms with Gasteiger partial charge < -0.3 is 18.8 Å². The molecule has 1 aromatic heterocycles. The number of amides is 1. The van der Waals surface area contributed by atoms with E-state index in [0.717, 1.165) is 21.3 Å². The minimum Gasteiger partial charge on any atom is -0.497 e. The highest BCUT2D eigenvalue weighted by Crippen LogP contribution is 2.40. The highest BCUT2D eigenvalue weighted by Gasteiger charge is 2.42. The lowest BCUT2D eigenvalue weighted by molar-refractivity contribution is 0.0714. The first-order valence-electron chi connectivity index (χ1n) is 11.0. The van der Waals surface area contributed by atoms with Crippen molar-refractivity contribution in [2.75, 3.05) is 13.7 Å². The lowest BCUT2D eigenvalue weighted by Gasteiger charge is -2.25. The Labute approximate surface area is 210 Å². The van der Waals surface area contributed by atoms with Gasteiger partial charge >= 0.3 is 0 Å². The Morgan fingerprint density at radius 3 is 2.60 bits per heavy atom. The van der Waals surface area contributed by atoms with Gasteiger partial charge in [-0.05, 0) is 53.6 Å². The van der Waals surface area contributed by atoms with Crippen LogP contribution in [0.3, 0.4) is 0 Å². The van der Waals surface area contributed by atoms with E-state index in [9.17, 15) is 9.59 Å². The molecule has 2 heterocycles. The number of nitrogens with zero attached hydrogens (tertiary/aromatic N) is 1. The van der Waals surface area contributed by atoms with Gasteiger partial charge in [0.25, 0.3) is 5.91 Å². The van der Waals surface area contributed by atoms with Gasteiger partial charge in [-0.2, -0.15) is 0 Å². The molecule has 0 N–H and O–H groups in total. The van der Waals surface area contributed by atoms with Crippen LogP contribution in [-0.2, 0) is 6.54 Å². The maximum absolute atomic E-state index is 13.7. The van der Waals surface area contributed by atoms with Gasteiger partial charge in [0.2, 0.25) is 5.76 Å². The van der Waals surface area contributed by atoms with E-state index in [-0.39, 0.29) is 23.6 Å². The summed E-state index contributed by atoms with van der Waals surface area (Å²) in [5, 5.41) is 0.418. The molecule has 3 aromatic carbocycles. The molecule has 1 aliphatic heterocycles. The van der Waals surface area contributed by atoms with Crippen molar-refractivity contribution < 1.29 is 18.7 Å². The topological polar surface area (TPSA) is 69.0 Å². The Morgan fingerprint density at radius 2 is 1.86 bits per heavy atom. The molecular formula is C28H22BrNO5. The van der Waals surface area contributed by atoms with E-state index >= 15 is 0 Å². The third-order valence-corrected chi connectivity index (χ3v) is 6.47. The summed E-state index contributed by atoms with van der Waals surface area (Å²) < 4.78 is 17.8. The van der Waals surface area contributed by atoms with E-state index < -0.39 is 6.04 Å². The maximum Gasteiger partial charge on any atom is 0.291 e. The number of fused-ring (bicyclic) bond motifs is 2. The lowest BCUT2D eigenvalue weighted by Crippen LogP contribution is -2.29. The number of halogens is 1. The Balaban J connectivity index is 1.67. The van der Waals surface area contributed by atoms with Gasteiger partial charge in [-0.25, -0.2) is 0 Å². The molecule has 0 saturated heterocycles. The molecule has 5 rings (SSSR count). The maximum atomic E-state index is 13.7. The molecule has 1 amide bonds. The van der Waals surface area contributed by atoms with Crippen LogP contribution in [0.1, 0.15) is 33.3 Å². The minimum absolute atomic E-state index is 0.0701. The molecule has 1 aliphatic rings. The van der Waals surface area contributed by atoms with Crippen LogP contribution in [0.5, 0.6) is 11.5 Å². The predicted octanol–water partition coefficient (Wildman–Crippen LogP) is 5.87. The third kappa shape index (κ3) is 4.23. The first-order chi connectivity index (χ1) is 17.0. The van der Waals surface area contributed by atoms with Crippen LogP contribution in [-0.4, -0.2) is 24.5 Å². The van der Waals surface area contributed by atoms with E-state index in [1.807, 2.05) is 48.5 Å². The fourth-order valence-corrected chi connectivity index (χ4v) is 4.72. The summed E-state index contributed by atoms with van der Waals surface area (Å²) in [6.07, 6.45) is 1.66. The zero-order chi connectivity index (χ0) is 24.5. The lowest BCUT2D eigenvalue weighted by atomic mass is 9.98.